The number of pyridine rings is 2. The molecule has 0 spiro atoms. The fourth-order valence-corrected chi connectivity index (χ4v) is 7.15. The number of benzene rings is 2. The van der Waals surface area contributed by atoms with E-state index in [1.54, 1.807) is 30.6 Å². The van der Waals surface area contributed by atoms with Crippen molar-refractivity contribution in [2.24, 2.45) is 11.3 Å². The third-order valence-electron chi connectivity index (χ3n) is 10.4. The number of aryl methyl sites for hydroxylation is 1. The van der Waals surface area contributed by atoms with Gasteiger partial charge in [0.05, 0.1) is 42.1 Å². The minimum atomic E-state index is -1.35. The molecule has 2 aromatic heterocycles. The number of aromatic nitrogens is 2. The minimum Gasteiger partial charge on any atom is -0.465 e. The number of carbonyl (C=O) groups excluding carboxylic acids is 3. The second-order valence-electron chi connectivity index (χ2n) is 16.0. The standard InChI is InChI=1S/C43H56N8O6/c1-7-28(2)37(51-23-22-49(42(51)57)25-32-18-13-14-29(3)44-32)39(53)46-35(24-30-15-9-8-10-16-30)36(52)27-50(48-40(54)38(43(4,5)6)47-41(55)56)26-33-21-20-31-17-11-12-19-34(31)45-33/h8-21,28,35-38,47,52H,7,22-27H2,1-6H3,(H,46,53)(H,48,54)(H,55,56)/t28-,35-,36-,37-,38+/m0/s1. The fraction of sp³-hybridized carbons (Fsp3) is 0.442. The van der Waals surface area contributed by atoms with Crippen molar-refractivity contribution in [1.82, 2.24) is 40.8 Å². The molecule has 5 rings (SSSR count). The van der Waals surface area contributed by atoms with Crippen LogP contribution >= 0.6 is 0 Å². The van der Waals surface area contributed by atoms with E-state index in [1.807, 2.05) is 106 Å². The van der Waals surface area contributed by atoms with Crippen LogP contribution < -0.4 is 16.1 Å². The molecule has 1 fully saturated rings. The van der Waals surface area contributed by atoms with Crippen molar-refractivity contribution in [3.8, 4) is 0 Å². The summed E-state index contributed by atoms with van der Waals surface area (Å²) >= 11 is 0. The third-order valence-corrected chi connectivity index (χ3v) is 10.4. The maximum absolute atomic E-state index is 14.5. The zero-order chi connectivity index (χ0) is 41.3. The molecule has 1 aliphatic heterocycles. The van der Waals surface area contributed by atoms with Crippen LogP contribution in [0, 0.1) is 18.3 Å². The lowest BCUT2D eigenvalue weighted by Gasteiger charge is -2.36. The quantitative estimate of drug-likeness (QED) is 0.0933. The number of para-hydroxylation sites is 1. The Morgan fingerprint density at radius 2 is 1.60 bits per heavy atom. The Balaban J connectivity index is 1.41. The predicted molar refractivity (Wildman–Crippen MR) is 218 cm³/mol. The van der Waals surface area contributed by atoms with Crippen LogP contribution in [0.1, 0.15) is 63.7 Å². The van der Waals surface area contributed by atoms with Crippen molar-refractivity contribution >= 4 is 34.8 Å². The molecule has 0 saturated carbocycles. The van der Waals surface area contributed by atoms with Gasteiger partial charge < -0.3 is 30.6 Å². The molecule has 1 aliphatic rings. The number of aliphatic hydroxyl groups is 1. The summed E-state index contributed by atoms with van der Waals surface area (Å²) in [6, 6.07) is 23.5. The van der Waals surface area contributed by atoms with E-state index in [0.717, 1.165) is 27.9 Å². The van der Waals surface area contributed by atoms with E-state index in [1.165, 1.54) is 5.01 Å². The fourth-order valence-electron chi connectivity index (χ4n) is 7.15. The minimum absolute atomic E-state index is 0.0625. The number of amides is 5. The van der Waals surface area contributed by atoms with E-state index >= 15 is 0 Å². The Morgan fingerprint density at radius 1 is 0.877 bits per heavy atom. The van der Waals surface area contributed by atoms with Crippen LogP contribution in [0.2, 0.25) is 0 Å². The Labute approximate surface area is 334 Å². The van der Waals surface area contributed by atoms with Gasteiger partial charge in [-0.25, -0.2) is 14.6 Å². The number of nitrogens with zero attached hydrogens (tertiary/aromatic N) is 5. The van der Waals surface area contributed by atoms with Crippen molar-refractivity contribution in [2.75, 3.05) is 19.6 Å². The lowest BCUT2D eigenvalue weighted by atomic mass is 9.86. The Bertz CT molecular complexity index is 2010. The molecule has 3 heterocycles. The van der Waals surface area contributed by atoms with Gasteiger partial charge in [-0.1, -0.05) is 102 Å². The lowest BCUT2D eigenvalue weighted by molar-refractivity contribution is -0.132. The average Bonchev–Trinajstić information content (AvgIpc) is 3.51. The Kier molecular flexibility index (Phi) is 14.2. The van der Waals surface area contributed by atoms with Crippen LogP contribution in [0.5, 0.6) is 0 Å². The van der Waals surface area contributed by atoms with Crippen LogP contribution in [0.15, 0.2) is 84.9 Å². The monoisotopic (exact) mass is 780 g/mol. The van der Waals surface area contributed by atoms with Crippen LogP contribution in [0.4, 0.5) is 9.59 Å². The molecule has 4 aromatic rings. The number of rotatable bonds is 17. The Morgan fingerprint density at radius 3 is 2.28 bits per heavy atom. The molecular weight excluding hydrogens is 725 g/mol. The molecule has 0 bridgehead atoms. The van der Waals surface area contributed by atoms with Gasteiger partial charge >= 0.3 is 12.1 Å². The van der Waals surface area contributed by atoms with Crippen molar-refractivity contribution < 1.29 is 29.4 Å². The molecule has 57 heavy (non-hydrogen) atoms. The van der Waals surface area contributed by atoms with Gasteiger partial charge in [-0.05, 0) is 54.5 Å². The lowest BCUT2D eigenvalue weighted by Crippen LogP contribution is -2.60. The SMILES string of the molecule is CC[C@H](C)[C@@H](C(=O)N[C@@H](Cc1ccccc1)[C@@H](O)CN(Cc1ccc2ccccc2n1)NC(=O)[C@@H](NC(=O)O)C(C)(C)C)N1CCN(Cc2cccc(C)n2)C1=O. The van der Waals surface area contributed by atoms with E-state index in [4.69, 9.17) is 4.98 Å². The molecule has 0 unspecified atom stereocenters. The molecule has 5 atom stereocenters. The van der Waals surface area contributed by atoms with Gasteiger partial charge in [0.1, 0.15) is 12.1 Å². The Hall–Kier alpha value is -5.60. The molecule has 14 nitrogen and oxygen atoms in total. The topological polar surface area (TPSA) is 180 Å². The summed E-state index contributed by atoms with van der Waals surface area (Å²) in [5.41, 5.74) is 5.89. The van der Waals surface area contributed by atoms with Gasteiger partial charge in [-0.3, -0.25) is 25.0 Å². The normalized spacial score (nSPS) is 15.9. The van der Waals surface area contributed by atoms with Crippen molar-refractivity contribution in [1.29, 1.82) is 0 Å². The highest BCUT2D eigenvalue weighted by Crippen LogP contribution is 2.24. The van der Waals surface area contributed by atoms with Gasteiger partial charge in [-0.15, -0.1) is 0 Å². The number of carbonyl (C=O) groups is 4. The van der Waals surface area contributed by atoms with Crippen LogP contribution in [-0.2, 0) is 29.1 Å². The molecular formula is C43H56N8O6. The second kappa shape index (κ2) is 19.0. The maximum Gasteiger partial charge on any atom is 0.405 e. The van der Waals surface area contributed by atoms with Gasteiger partial charge in [0.2, 0.25) is 5.91 Å². The summed E-state index contributed by atoms with van der Waals surface area (Å²) in [4.78, 5) is 66.5. The van der Waals surface area contributed by atoms with Gasteiger partial charge in [0.15, 0.2) is 0 Å². The first kappa shape index (κ1) is 42.5. The number of nitrogens with one attached hydrogen (secondary N) is 3. The van der Waals surface area contributed by atoms with Gasteiger partial charge in [0, 0.05) is 30.7 Å². The van der Waals surface area contributed by atoms with E-state index in [2.05, 4.69) is 21.0 Å². The zero-order valence-electron chi connectivity index (χ0n) is 33.7. The first-order valence-corrected chi connectivity index (χ1v) is 19.5. The predicted octanol–water partition coefficient (Wildman–Crippen LogP) is 4.89. The highest BCUT2D eigenvalue weighted by atomic mass is 16.4. The van der Waals surface area contributed by atoms with Crippen LogP contribution in [0.3, 0.4) is 0 Å². The second-order valence-corrected chi connectivity index (χ2v) is 16.0. The van der Waals surface area contributed by atoms with E-state index in [9.17, 15) is 29.4 Å². The first-order chi connectivity index (χ1) is 27.1. The summed E-state index contributed by atoms with van der Waals surface area (Å²) in [7, 11) is 0. The molecule has 5 amide bonds. The molecule has 0 radical (unpaired) electrons. The number of urea groups is 1. The van der Waals surface area contributed by atoms with Gasteiger partial charge in [-0.2, -0.15) is 0 Å². The highest BCUT2D eigenvalue weighted by Gasteiger charge is 2.41. The summed E-state index contributed by atoms with van der Waals surface area (Å²) in [6.07, 6.45) is -1.71. The number of aliphatic hydroxyl groups excluding tert-OH is 1. The maximum atomic E-state index is 14.5. The van der Waals surface area contributed by atoms with E-state index in [-0.39, 0.29) is 31.5 Å². The third kappa shape index (κ3) is 11.5. The number of hydrogen-bond acceptors (Lipinski definition) is 8. The summed E-state index contributed by atoms with van der Waals surface area (Å²) < 4.78 is 0. The number of carboxylic acid groups (broad SMARTS) is 1. The van der Waals surface area contributed by atoms with Crippen LogP contribution in [0.25, 0.3) is 10.9 Å². The molecule has 0 aliphatic carbocycles. The highest BCUT2D eigenvalue weighted by molar-refractivity contribution is 5.88. The molecule has 304 valence electrons. The van der Waals surface area contributed by atoms with Gasteiger partial charge in [0.25, 0.3) is 5.91 Å². The summed E-state index contributed by atoms with van der Waals surface area (Å²) in [6.45, 7) is 12.1. The van der Waals surface area contributed by atoms with E-state index in [0.29, 0.717) is 31.7 Å². The average molecular weight is 781 g/mol. The van der Waals surface area contributed by atoms with Crippen LogP contribution in [-0.4, -0.2) is 103 Å². The molecule has 1 saturated heterocycles. The molecule has 14 heteroatoms. The number of hydrogen-bond donors (Lipinski definition) is 5. The first-order valence-electron chi connectivity index (χ1n) is 19.5. The summed E-state index contributed by atoms with van der Waals surface area (Å²) in [5.74, 6) is -1.21. The summed E-state index contributed by atoms with van der Waals surface area (Å²) in [5, 5.41) is 29.5. The number of fused-ring (bicyclic) bond motifs is 1. The van der Waals surface area contributed by atoms with E-state index < -0.39 is 47.6 Å². The molecule has 5 N–H and O–H groups in total. The van der Waals surface area contributed by atoms with Crippen molar-refractivity contribution in [3.05, 3.63) is 108 Å². The zero-order valence-corrected chi connectivity index (χ0v) is 33.7. The van der Waals surface area contributed by atoms with Crippen molar-refractivity contribution in [3.63, 3.8) is 0 Å². The molecule has 2 aromatic carbocycles. The number of hydrazine groups is 1. The van der Waals surface area contributed by atoms with Crippen molar-refractivity contribution in [2.45, 2.75) is 91.7 Å². The largest absolute Gasteiger partial charge is 0.465 e. The smallest absolute Gasteiger partial charge is 0.405 e.